The zero-order valence-corrected chi connectivity index (χ0v) is 17.1. The molecule has 2 heterocycles. The zero-order chi connectivity index (χ0) is 20.2. The molecular formula is C21H17FN4OS2. The Kier molecular flexibility index (Phi) is 5.73. The van der Waals surface area contributed by atoms with Crippen molar-refractivity contribution in [1.82, 2.24) is 14.5 Å². The van der Waals surface area contributed by atoms with Crippen molar-refractivity contribution in [3.63, 3.8) is 0 Å². The number of carbonyl (C=O) groups excluding carboxylic acids is 1. The molecule has 0 spiro atoms. The van der Waals surface area contributed by atoms with Crippen LogP contribution in [0.4, 0.5) is 9.52 Å². The van der Waals surface area contributed by atoms with Crippen LogP contribution in [0.25, 0.3) is 16.9 Å². The van der Waals surface area contributed by atoms with Gasteiger partial charge in [-0.25, -0.2) is 14.4 Å². The second-order valence-corrected chi connectivity index (χ2v) is 8.04. The van der Waals surface area contributed by atoms with E-state index < -0.39 is 0 Å². The molecule has 0 atom stereocenters. The van der Waals surface area contributed by atoms with Gasteiger partial charge in [-0.1, -0.05) is 42.1 Å². The van der Waals surface area contributed by atoms with Crippen molar-refractivity contribution in [2.75, 3.05) is 11.1 Å². The second-order valence-electron chi connectivity index (χ2n) is 6.23. The van der Waals surface area contributed by atoms with E-state index in [4.69, 9.17) is 0 Å². The first-order valence-corrected chi connectivity index (χ1v) is 10.7. The molecule has 2 aromatic carbocycles. The van der Waals surface area contributed by atoms with Gasteiger partial charge in [0.1, 0.15) is 5.82 Å². The molecule has 0 aliphatic carbocycles. The summed E-state index contributed by atoms with van der Waals surface area (Å²) >= 11 is 2.71. The number of carbonyl (C=O) groups is 1. The standard InChI is InChI=1S/C21H17FN4OS2/c1-14-12-28-20(24-14)25-19(27)13-29-21-23-11-18(15-5-3-2-4-6-15)26(21)17-9-7-16(22)8-10-17/h2-12H,13H2,1H3,(H,24,25,27). The minimum atomic E-state index is -0.303. The molecule has 4 rings (SSSR count). The summed E-state index contributed by atoms with van der Waals surface area (Å²) in [6, 6.07) is 16.1. The third kappa shape index (κ3) is 4.55. The van der Waals surface area contributed by atoms with Gasteiger partial charge in [0.25, 0.3) is 0 Å². The molecule has 0 bridgehead atoms. The van der Waals surface area contributed by atoms with Crippen LogP contribution in [0.3, 0.4) is 0 Å². The molecule has 0 aliphatic rings. The minimum Gasteiger partial charge on any atom is -0.301 e. The lowest BCUT2D eigenvalue weighted by Crippen LogP contribution is -2.14. The summed E-state index contributed by atoms with van der Waals surface area (Å²) in [5.74, 6) is -0.271. The molecule has 0 unspecified atom stereocenters. The molecule has 8 heteroatoms. The van der Waals surface area contributed by atoms with Crippen molar-refractivity contribution in [1.29, 1.82) is 0 Å². The average molecular weight is 425 g/mol. The number of thiazole rings is 1. The molecule has 0 radical (unpaired) electrons. The van der Waals surface area contributed by atoms with Crippen molar-refractivity contribution < 1.29 is 9.18 Å². The van der Waals surface area contributed by atoms with Gasteiger partial charge in [-0.2, -0.15) is 0 Å². The number of nitrogens with one attached hydrogen (secondary N) is 1. The maximum atomic E-state index is 13.4. The third-order valence-corrected chi connectivity index (χ3v) is 5.91. The quantitative estimate of drug-likeness (QED) is 0.434. The number of hydrogen-bond acceptors (Lipinski definition) is 5. The Morgan fingerprint density at radius 2 is 1.93 bits per heavy atom. The van der Waals surface area contributed by atoms with Gasteiger partial charge in [-0.05, 0) is 31.2 Å². The number of benzene rings is 2. The van der Waals surface area contributed by atoms with Gasteiger partial charge < -0.3 is 5.32 Å². The summed E-state index contributed by atoms with van der Waals surface area (Å²) in [5, 5.41) is 5.92. The predicted molar refractivity (Wildman–Crippen MR) is 115 cm³/mol. The molecule has 4 aromatic rings. The van der Waals surface area contributed by atoms with E-state index in [-0.39, 0.29) is 17.5 Å². The first-order valence-electron chi connectivity index (χ1n) is 8.84. The van der Waals surface area contributed by atoms with E-state index in [1.54, 1.807) is 18.3 Å². The van der Waals surface area contributed by atoms with Gasteiger partial charge in [-0.3, -0.25) is 9.36 Å². The van der Waals surface area contributed by atoms with Gasteiger partial charge in [0.2, 0.25) is 5.91 Å². The molecular weight excluding hydrogens is 407 g/mol. The van der Waals surface area contributed by atoms with E-state index >= 15 is 0 Å². The lowest BCUT2D eigenvalue weighted by Gasteiger charge is -2.12. The van der Waals surface area contributed by atoms with Crippen LogP contribution in [-0.4, -0.2) is 26.2 Å². The zero-order valence-electron chi connectivity index (χ0n) is 15.5. The number of aromatic nitrogens is 3. The van der Waals surface area contributed by atoms with Crippen molar-refractivity contribution >= 4 is 34.1 Å². The summed E-state index contributed by atoms with van der Waals surface area (Å²) in [5.41, 5.74) is 3.51. The topological polar surface area (TPSA) is 59.8 Å². The average Bonchev–Trinajstić information content (AvgIpc) is 3.34. The minimum absolute atomic E-state index is 0.153. The van der Waals surface area contributed by atoms with Crippen LogP contribution in [0.1, 0.15) is 5.69 Å². The van der Waals surface area contributed by atoms with E-state index in [2.05, 4.69) is 15.3 Å². The highest BCUT2D eigenvalue weighted by Crippen LogP contribution is 2.30. The van der Waals surface area contributed by atoms with Crippen LogP contribution in [-0.2, 0) is 4.79 Å². The van der Waals surface area contributed by atoms with Crippen LogP contribution in [0, 0.1) is 12.7 Å². The Hall–Kier alpha value is -2.97. The largest absolute Gasteiger partial charge is 0.301 e. The van der Waals surface area contributed by atoms with Crippen molar-refractivity contribution in [3.05, 3.63) is 77.7 Å². The fourth-order valence-electron chi connectivity index (χ4n) is 2.79. The Morgan fingerprint density at radius 3 is 2.62 bits per heavy atom. The number of thioether (sulfide) groups is 1. The van der Waals surface area contributed by atoms with Crippen LogP contribution >= 0.6 is 23.1 Å². The van der Waals surface area contributed by atoms with Crippen molar-refractivity contribution in [2.45, 2.75) is 12.1 Å². The van der Waals surface area contributed by atoms with Crippen molar-refractivity contribution in [2.24, 2.45) is 0 Å². The Balaban J connectivity index is 1.60. The third-order valence-electron chi connectivity index (χ3n) is 4.08. The number of halogens is 1. The smallest absolute Gasteiger partial charge is 0.236 e. The second kappa shape index (κ2) is 8.59. The molecule has 0 aliphatic heterocycles. The highest BCUT2D eigenvalue weighted by molar-refractivity contribution is 7.99. The van der Waals surface area contributed by atoms with Crippen LogP contribution in [0.15, 0.2) is 71.3 Å². The van der Waals surface area contributed by atoms with E-state index in [0.29, 0.717) is 10.3 Å². The summed E-state index contributed by atoms with van der Waals surface area (Å²) in [6.07, 6.45) is 1.77. The van der Waals surface area contributed by atoms with Crippen LogP contribution in [0.2, 0.25) is 0 Å². The Bertz CT molecular complexity index is 1120. The molecule has 1 N–H and O–H groups in total. The molecule has 1 amide bonds. The van der Waals surface area contributed by atoms with Gasteiger partial charge in [0.15, 0.2) is 10.3 Å². The highest BCUT2D eigenvalue weighted by Gasteiger charge is 2.16. The fraction of sp³-hybridized carbons (Fsp3) is 0.0952. The molecule has 29 heavy (non-hydrogen) atoms. The van der Waals surface area contributed by atoms with Crippen LogP contribution in [0.5, 0.6) is 0 Å². The molecule has 0 saturated heterocycles. The lowest BCUT2D eigenvalue weighted by molar-refractivity contribution is -0.113. The highest BCUT2D eigenvalue weighted by atomic mass is 32.2. The van der Waals surface area contributed by atoms with E-state index in [1.165, 1.54) is 35.2 Å². The first-order chi connectivity index (χ1) is 14.1. The van der Waals surface area contributed by atoms with Gasteiger partial charge >= 0.3 is 0 Å². The van der Waals surface area contributed by atoms with Gasteiger partial charge in [0, 0.05) is 16.6 Å². The summed E-state index contributed by atoms with van der Waals surface area (Å²) in [6.45, 7) is 1.88. The fourth-order valence-corrected chi connectivity index (χ4v) is 4.28. The molecule has 5 nitrogen and oxygen atoms in total. The number of rotatable bonds is 6. The van der Waals surface area contributed by atoms with Gasteiger partial charge in [-0.15, -0.1) is 11.3 Å². The Morgan fingerprint density at radius 1 is 1.17 bits per heavy atom. The number of nitrogens with zero attached hydrogens (tertiary/aromatic N) is 3. The number of imidazole rings is 1. The van der Waals surface area contributed by atoms with E-state index in [9.17, 15) is 9.18 Å². The predicted octanol–water partition coefficient (Wildman–Crippen LogP) is 5.17. The molecule has 0 fully saturated rings. The van der Waals surface area contributed by atoms with Crippen molar-refractivity contribution in [3.8, 4) is 16.9 Å². The molecule has 146 valence electrons. The number of amides is 1. The maximum Gasteiger partial charge on any atom is 0.236 e. The normalized spacial score (nSPS) is 10.8. The van der Waals surface area contributed by atoms with Crippen LogP contribution < -0.4 is 5.32 Å². The maximum absolute atomic E-state index is 13.4. The van der Waals surface area contributed by atoms with Gasteiger partial charge in [0.05, 0.1) is 23.3 Å². The monoisotopic (exact) mass is 424 g/mol. The summed E-state index contributed by atoms with van der Waals surface area (Å²) in [7, 11) is 0. The number of anilines is 1. The Labute approximate surface area is 175 Å². The van der Waals surface area contributed by atoms with E-state index in [0.717, 1.165) is 22.6 Å². The lowest BCUT2D eigenvalue weighted by atomic mass is 10.1. The molecule has 2 aromatic heterocycles. The van der Waals surface area contributed by atoms with E-state index in [1.807, 2.05) is 47.2 Å². The summed E-state index contributed by atoms with van der Waals surface area (Å²) in [4.78, 5) is 21.1. The number of hydrogen-bond donors (Lipinski definition) is 1. The summed E-state index contributed by atoms with van der Waals surface area (Å²) < 4.78 is 15.4. The molecule has 0 saturated carbocycles. The first kappa shape index (κ1) is 19.4. The number of aryl methyl sites for hydroxylation is 1. The SMILES string of the molecule is Cc1csc(NC(=O)CSc2ncc(-c3ccccc3)n2-c2ccc(F)cc2)n1.